The Kier molecular flexibility index (Phi) is 4.67. The first-order valence-corrected chi connectivity index (χ1v) is 6.63. The lowest BCUT2D eigenvalue weighted by molar-refractivity contribution is 0.401. The van der Waals surface area contributed by atoms with Crippen molar-refractivity contribution in [1.82, 2.24) is 0 Å². The lowest BCUT2D eigenvalue weighted by Gasteiger charge is -2.23. The summed E-state index contributed by atoms with van der Waals surface area (Å²) in [6, 6.07) is 0. The largest absolute Gasteiger partial charge is 0.0845 e. The van der Waals surface area contributed by atoms with Crippen LogP contribution >= 0.6 is 0 Å². The summed E-state index contributed by atoms with van der Waals surface area (Å²) >= 11 is 0. The van der Waals surface area contributed by atoms with Crippen LogP contribution in [-0.2, 0) is 0 Å². The van der Waals surface area contributed by atoms with Crippen molar-refractivity contribution in [1.29, 1.82) is 0 Å². The second kappa shape index (κ2) is 6.52. The van der Waals surface area contributed by atoms with Gasteiger partial charge in [0.25, 0.3) is 0 Å². The summed E-state index contributed by atoms with van der Waals surface area (Å²) in [6.07, 6.45) is 26.2. The van der Waals surface area contributed by atoms with E-state index in [1.165, 1.54) is 38.5 Å². The topological polar surface area (TPSA) is 0 Å². The first kappa shape index (κ1) is 11.4. The molecule has 0 aliphatic heterocycles. The van der Waals surface area contributed by atoms with E-state index in [1.807, 2.05) is 0 Å². The fraction of sp³-hybridized carbons (Fsp3) is 0.500. The fourth-order valence-corrected chi connectivity index (χ4v) is 2.61. The molecule has 86 valence electrons. The minimum absolute atomic E-state index is 0.757. The number of allylic oxidation sites excluding steroid dienone is 8. The predicted octanol–water partition coefficient (Wildman–Crippen LogP) is 4.81. The Morgan fingerprint density at radius 1 is 0.625 bits per heavy atom. The van der Waals surface area contributed by atoms with Gasteiger partial charge in [-0.2, -0.15) is 0 Å². The van der Waals surface area contributed by atoms with Crippen molar-refractivity contribution in [2.45, 2.75) is 38.5 Å². The van der Waals surface area contributed by atoms with E-state index in [-0.39, 0.29) is 0 Å². The molecule has 2 aliphatic rings. The summed E-state index contributed by atoms with van der Waals surface area (Å²) in [5.74, 6) is 1.51. The minimum atomic E-state index is 0.757. The van der Waals surface area contributed by atoms with Crippen LogP contribution in [-0.4, -0.2) is 0 Å². The third-order valence-corrected chi connectivity index (χ3v) is 3.58. The molecule has 2 atom stereocenters. The highest BCUT2D eigenvalue weighted by atomic mass is 14.2. The van der Waals surface area contributed by atoms with Crippen LogP contribution in [0.1, 0.15) is 38.5 Å². The van der Waals surface area contributed by atoms with E-state index in [2.05, 4.69) is 48.6 Å². The predicted molar refractivity (Wildman–Crippen MR) is 71.2 cm³/mol. The molecular formula is C16H22. The average molecular weight is 214 g/mol. The minimum Gasteiger partial charge on any atom is -0.0845 e. The fourth-order valence-electron chi connectivity index (χ4n) is 2.61. The quantitative estimate of drug-likeness (QED) is 0.587. The third-order valence-electron chi connectivity index (χ3n) is 3.58. The smallest absolute Gasteiger partial charge is 0.0167 e. The van der Waals surface area contributed by atoms with Crippen LogP contribution in [0.3, 0.4) is 0 Å². The van der Waals surface area contributed by atoms with Crippen LogP contribution in [0.2, 0.25) is 0 Å². The maximum absolute atomic E-state index is 2.41. The van der Waals surface area contributed by atoms with Gasteiger partial charge in [0.15, 0.2) is 0 Å². The van der Waals surface area contributed by atoms with Gasteiger partial charge in [-0.1, -0.05) is 48.6 Å². The van der Waals surface area contributed by atoms with E-state index < -0.39 is 0 Å². The zero-order valence-corrected chi connectivity index (χ0v) is 10.0. The third kappa shape index (κ3) is 3.52. The molecule has 2 aliphatic carbocycles. The molecule has 0 saturated heterocycles. The van der Waals surface area contributed by atoms with Crippen molar-refractivity contribution in [3.8, 4) is 0 Å². The van der Waals surface area contributed by atoms with E-state index in [0.717, 1.165) is 11.8 Å². The molecule has 0 bridgehead atoms. The standard InChI is InChI=1S/C16H22/c1-3-7-11-15(12-8-4-1)16-13-9-5-2-6-10-14-16/h1-3,5,7,9,11,13,15-16H,4,6,8,10,12,14H2/b3-1-,5-2-,11-7-,13-9-. The van der Waals surface area contributed by atoms with Crippen LogP contribution in [0.5, 0.6) is 0 Å². The molecular weight excluding hydrogens is 192 g/mol. The Labute approximate surface area is 99.4 Å². The van der Waals surface area contributed by atoms with E-state index in [0.29, 0.717) is 0 Å². The first-order valence-electron chi connectivity index (χ1n) is 6.63. The molecule has 0 fully saturated rings. The van der Waals surface area contributed by atoms with Gasteiger partial charge in [0.2, 0.25) is 0 Å². The number of hydrogen-bond donors (Lipinski definition) is 0. The van der Waals surface area contributed by atoms with Gasteiger partial charge in [0.05, 0.1) is 0 Å². The van der Waals surface area contributed by atoms with Crippen molar-refractivity contribution < 1.29 is 0 Å². The number of rotatable bonds is 1. The van der Waals surface area contributed by atoms with E-state index in [4.69, 9.17) is 0 Å². The molecule has 2 unspecified atom stereocenters. The molecule has 0 radical (unpaired) electrons. The van der Waals surface area contributed by atoms with Gasteiger partial charge in [-0.25, -0.2) is 0 Å². The zero-order valence-electron chi connectivity index (χ0n) is 10.0. The molecule has 0 aromatic heterocycles. The maximum atomic E-state index is 2.41. The maximum Gasteiger partial charge on any atom is -0.0167 e. The van der Waals surface area contributed by atoms with Gasteiger partial charge in [-0.15, -0.1) is 0 Å². The highest BCUT2D eigenvalue weighted by molar-refractivity contribution is 5.12. The Balaban J connectivity index is 2.02. The lowest BCUT2D eigenvalue weighted by Crippen LogP contribution is -2.11. The summed E-state index contributed by atoms with van der Waals surface area (Å²) in [6.45, 7) is 0. The van der Waals surface area contributed by atoms with E-state index in [9.17, 15) is 0 Å². The van der Waals surface area contributed by atoms with Gasteiger partial charge in [-0.3, -0.25) is 0 Å². The van der Waals surface area contributed by atoms with Gasteiger partial charge >= 0.3 is 0 Å². The number of hydrogen-bond acceptors (Lipinski definition) is 0. The molecule has 2 rings (SSSR count). The van der Waals surface area contributed by atoms with Crippen molar-refractivity contribution >= 4 is 0 Å². The molecule has 0 aromatic rings. The van der Waals surface area contributed by atoms with Gasteiger partial charge in [-0.05, 0) is 50.4 Å². The van der Waals surface area contributed by atoms with E-state index >= 15 is 0 Å². The molecule has 0 N–H and O–H groups in total. The first-order chi connectivity index (χ1) is 7.97. The molecule has 16 heavy (non-hydrogen) atoms. The van der Waals surface area contributed by atoms with Crippen LogP contribution < -0.4 is 0 Å². The van der Waals surface area contributed by atoms with Crippen molar-refractivity contribution in [3.05, 3.63) is 48.6 Å². The van der Waals surface area contributed by atoms with Crippen molar-refractivity contribution in [2.75, 3.05) is 0 Å². The molecule has 0 saturated carbocycles. The lowest BCUT2D eigenvalue weighted by atomic mass is 9.82. The summed E-state index contributed by atoms with van der Waals surface area (Å²) in [5, 5.41) is 0. The average Bonchev–Trinajstić information content (AvgIpc) is 2.18. The second-order valence-corrected chi connectivity index (χ2v) is 4.82. The van der Waals surface area contributed by atoms with Crippen molar-refractivity contribution in [2.24, 2.45) is 11.8 Å². The normalized spacial score (nSPS) is 38.5. The highest BCUT2D eigenvalue weighted by Gasteiger charge is 2.16. The Morgan fingerprint density at radius 3 is 1.62 bits per heavy atom. The Morgan fingerprint density at radius 2 is 1.12 bits per heavy atom. The van der Waals surface area contributed by atoms with Gasteiger partial charge in [0.1, 0.15) is 0 Å². The summed E-state index contributed by atoms with van der Waals surface area (Å²) < 4.78 is 0. The second-order valence-electron chi connectivity index (χ2n) is 4.82. The zero-order chi connectivity index (χ0) is 11.1. The molecule has 0 nitrogen and oxygen atoms in total. The molecule has 0 spiro atoms. The Bertz CT molecular complexity index is 272. The SMILES string of the molecule is C1=C\CCCC(C2/C=C\C=C/CCC2)\C=C/1. The monoisotopic (exact) mass is 214 g/mol. The van der Waals surface area contributed by atoms with Gasteiger partial charge < -0.3 is 0 Å². The molecule has 0 heterocycles. The van der Waals surface area contributed by atoms with Gasteiger partial charge in [0, 0.05) is 0 Å². The van der Waals surface area contributed by atoms with Crippen LogP contribution in [0.25, 0.3) is 0 Å². The summed E-state index contributed by atoms with van der Waals surface area (Å²) in [4.78, 5) is 0. The summed E-state index contributed by atoms with van der Waals surface area (Å²) in [7, 11) is 0. The van der Waals surface area contributed by atoms with Crippen LogP contribution in [0.15, 0.2) is 48.6 Å². The molecule has 0 amide bonds. The van der Waals surface area contributed by atoms with E-state index in [1.54, 1.807) is 0 Å². The summed E-state index contributed by atoms with van der Waals surface area (Å²) in [5.41, 5.74) is 0. The molecule has 0 aromatic carbocycles. The van der Waals surface area contributed by atoms with Crippen LogP contribution in [0, 0.1) is 11.8 Å². The van der Waals surface area contributed by atoms with Crippen LogP contribution in [0.4, 0.5) is 0 Å². The molecule has 0 heteroatoms. The van der Waals surface area contributed by atoms with Crippen molar-refractivity contribution in [3.63, 3.8) is 0 Å². The Hall–Kier alpha value is -1.04. The highest BCUT2D eigenvalue weighted by Crippen LogP contribution is 2.28.